The summed E-state index contributed by atoms with van der Waals surface area (Å²) >= 11 is 0. The molecule has 0 bridgehead atoms. The fourth-order valence-electron chi connectivity index (χ4n) is 2.22. The molecule has 0 aliphatic carbocycles. The number of aliphatic hydroxyl groups excluding tert-OH is 1. The topological polar surface area (TPSA) is 105 Å². The van der Waals surface area contributed by atoms with E-state index in [1.165, 1.54) is 12.1 Å². The number of aliphatic hydroxyl groups is 1. The molecule has 1 heterocycles. The molecule has 2 aromatic rings. The molecule has 24 heavy (non-hydrogen) atoms. The minimum Gasteiger partial charge on any atom is -0.394 e. The lowest BCUT2D eigenvalue weighted by molar-refractivity contribution is -0.385. The number of hydrogen-bond donors (Lipinski definition) is 2. The summed E-state index contributed by atoms with van der Waals surface area (Å²) in [5, 5.41) is 23.3. The lowest BCUT2D eigenvalue weighted by Crippen LogP contribution is -2.31. The monoisotopic (exact) mass is 349 g/mol. The van der Waals surface area contributed by atoms with Crippen LogP contribution in [0.5, 0.6) is 0 Å². The smallest absolute Gasteiger partial charge is 0.290 e. The molecule has 1 unspecified atom stereocenters. The van der Waals surface area contributed by atoms with Crippen LogP contribution in [-0.4, -0.2) is 37.6 Å². The highest BCUT2D eigenvalue weighted by molar-refractivity contribution is 7.84. The van der Waals surface area contributed by atoms with Gasteiger partial charge in [0.05, 0.1) is 17.6 Å². The van der Waals surface area contributed by atoms with Gasteiger partial charge in [-0.2, -0.15) is 0 Å². The van der Waals surface area contributed by atoms with Crippen LogP contribution in [0.2, 0.25) is 0 Å². The van der Waals surface area contributed by atoms with Gasteiger partial charge in [0.1, 0.15) is 11.5 Å². The number of aromatic nitrogens is 1. The van der Waals surface area contributed by atoms with Gasteiger partial charge in [-0.05, 0) is 18.6 Å². The fourth-order valence-corrected chi connectivity index (χ4v) is 3.54. The van der Waals surface area contributed by atoms with Crippen LogP contribution in [0.1, 0.15) is 11.3 Å². The van der Waals surface area contributed by atoms with Crippen molar-refractivity contribution in [3.05, 3.63) is 63.8 Å². The standard InChI is InChI=1S/C16H19N3O4S/c1-12-15(19(21)22)7-8-16(17-12)18-14(9-20)11-24(23)10-13-5-3-2-4-6-13/h2-8,14,20H,9-11H2,1H3,(H,17,18)/t14?,24-/m1/s1. The third kappa shape index (κ3) is 5.10. The van der Waals surface area contributed by atoms with Crippen LogP contribution in [-0.2, 0) is 16.6 Å². The number of nitrogens with one attached hydrogen (secondary N) is 1. The molecule has 0 spiro atoms. The summed E-state index contributed by atoms with van der Waals surface area (Å²) < 4.78 is 12.2. The molecule has 1 aromatic carbocycles. The van der Waals surface area contributed by atoms with Crippen molar-refractivity contribution in [1.82, 2.24) is 4.98 Å². The molecule has 0 radical (unpaired) electrons. The number of nitro groups is 1. The van der Waals surface area contributed by atoms with Crippen molar-refractivity contribution in [3.63, 3.8) is 0 Å². The van der Waals surface area contributed by atoms with E-state index < -0.39 is 21.8 Å². The Morgan fingerprint density at radius 2 is 2.00 bits per heavy atom. The SMILES string of the molecule is Cc1nc(NC(CO)C[S@](=O)Cc2ccccc2)ccc1[N+](=O)[O-]. The van der Waals surface area contributed by atoms with Crippen LogP contribution >= 0.6 is 0 Å². The maximum absolute atomic E-state index is 12.2. The predicted molar refractivity (Wildman–Crippen MR) is 93.3 cm³/mol. The number of hydrogen-bond acceptors (Lipinski definition) is 6. The van der Waals surface area contributed by atoms with E-state index >= 15 is 0 Å². The molecule has 8 heteroatoms. The van der Waals surface area contributed by atoms with Gasteiger partial charge >= 0.3 is 0 Å². The fraction of sp³-hybridized carbons (Fsp3) is 0.312. The summed E-state index contributed by atoms with van der Waals surface area (Å²) in [6.07, 6.45) is 0. The molecule has 0 fully saturated rings. The molecular weight excluding hydrogens is 330 g/mol. The second-order valence-corrected chi connectivity index (χ2v) is 6.82. The Labute approximate surface area is 142 Å². The lowest BCUT2D eigenvalue weighted by atomic mass is 10.2. The molecule has 2 N–H and O–H groups in total. The highest BCUT2D eigenvalue weighted by Crippen LogP contribution is 2.18. The van der Waals surface area contributed by atoms with Crippen LogP contribution in [0.15, 0.2) is 42.5 Å². The van der Waals surface area contributed by atoms with E-state index in [1.54, 1.807) is 6.92 Å². The van der Waals surface area contributed by atoms with Gasteiger partial charge in [-0.1, -0.05) is 30.3 Å². The molecule has 0 saturated heterocycles. The highest BCUT2D eigenvalue weighted by Gasteiger charge is 2.16. The second-order valence-electron chi connectivity index (χ2n) is 5.32. The zero-order valence-corrected chi connectivity index (χ0v) is 14.0. The van der Waals surface area contributed by atoms with Crippen molar-refractivity contribution in [3.8, 4) is 0 Å². The van der Waals surface area contributed by atoms with Crippen LogP contribution in [0.3, 0.4) is 0 Å². The van der Waals surface area contributed by atoms with Crippen molar-refractivity contribution >= 4 is 22.3 Å². The van der Waals surface area contributed by atoms with Gasteiger partial charge in [0.25, 0.3) is 5.69 Å². The maximum atomic E-state index is 12.2. The molecule has 0 aliphatic heterocycles. The summed E-state index contributed by atoms with van der Waals surface area (Å²) in [4.78, 5) is 14.4. The van der Waals surface area contributed by atoms with E-state index in [0.29, 0.717) is 11.6 Å². The summed E-state index contributed by atoms with van der Waals surface area (Å²) in [7, 11) is -1.15. The minimum atomic E-state index is -1.15. The molecule has 2 rings (SSSR count). The first-order chi connectivity index (χ1) is 11.5. The number of anilines is 1. The quantitative estimate of drug-likeness (QED) is 0.558. The van der Waals surface area contributed by atoms with Crippen LogP contribution in [0, 0.1) is 17.0 Å². The molecular formula is C16H19N3O4S. The van der Waals surface area contributed by atoms with E-state index in [-0.39, 0.29) is 23.7 Å². The Morgan fingerprint density at radius 3 is 2.58 bits per heavy atom. The molecule has 7 nitrogen and oxygen atoms in total. The van der Waals surface area contributed by atoms with Crippen LogP contribution < -0.4 is 5.32 Å². The molecule has 1 aromatic heterocycles. The number of aryl methyl sites for hydroxylation is 1. The molecule has 0 saturated carbocycles. The number of pyridine rings is 1. The Kier molecular flexibility index (Phi) is 6.39. The van der Waals surface area contributed by atoms with E-state index in [1.807, 2.05) is 30.3 Å². The third-order valence-corrected chi connectivity index (χ3v) is 4.81. The minimum absolute atomic E-state index is 0.0613. The van der Waals surface area contributed by atoms with Crippen molar-refractivity contribution < 1.29 is 14.2 Å². The van der Waals surface area contributed by atoms with Gasteiger partial charge in [-0.25, -0.2) is 4.98 Å². The summed E-state index contributed by atoms with van der Waals surface area (Å²) in [6.45, 7) is 1.34. The second kappa shape index (κ2) is 8.51. The van der Waals surface area contributed by atoms with Crippen molar-refractivity contribution in [2.45, 2.75) is 18.7 Å². The first-order valence-corrected chi connectivity index (χ1v) is 8.86. The van der Waals surface area contributed by atoms with E-state index in [2.05, 4.69) is 10.3 Å². The van der Waals surface area contributed by atoms with Gasteiger partial charge in [0.15, 0.2) is 0 Å². The van der Waals surface area contributed by atoms with E-state index in [9.17, 15) is 19.4 Å². The Morgan fingerprint density at radius 1 is 1.29 bits per heavy atom. The van der Waals surface area contributed by atoms with Crippen LogP contribution in [0.25, 0.3) is 0 Å². The number of benzene rings is 1. The maximum Gasteiger partial charge on any atom is 0.290 e. The van der Waals surface area contributed by atoms with Gasteiger partial charge in [0.2, 0.25) is 0 Å². The third-order valence-electron chi connectivity index (χ3n) is 3.38. The first kappa shape index (κ1) is 18.0. The van der Waals surface area contributed by atoms with Gasteiger partial charge in [-0.15, -0.1) is 0 Å². The summed E-state index contributed by atoms with van der Waals surface area (Å²) in [5.41, 5.74) is 1.19. The predicted octanol–water partition coefficient (Wildman–Crippen LogP) is 2.02. The Bertz CT molecular complexity index is 725. The average Bonchev–Trinajstić information content (AvgIpc) is 2.54. The van der Waals surface area contributed by atoms with Gasteiger partial charge in [0, 0.05) is 28.4 Å². The molecule has 0 aliphatic rings. The molecule has 128 valence electrons. The zero-order valence-electron chi connectivity index (χ0n) is 13.2. The van der Waals surface area contributed by atoms with Crippen LogP contribution in [0.4, 0.5) is 11.5 Å². The highest BCUT2D eigenvalue weighted by atomic mass is 32.2. The van der Waals surface area contributed by atoms with Crippen molar-refractivity contribution in [2.75, 3.05) is 17.7 Å². The molecule has 2 atom stereocenters. The Balaban J connectivity index is 1.98. The largest absolute Gasteiger partial charge is 0.394 e. The lowest BCUT2D eigenvalue weighted by Gasteiger charge is -2.17. The van der Waals surface area contributed by atoms with E-state index in [4.69, 9.17) is 0 Å². The first-order valence-electron chi connectivity index (χ1n) is 7.38. The van der Waals surface area contributed by atoms with Gasteiger partial charge in [-0.3, -0.25) is 14.3 Å². The normalized spacial score (nSPS) is 13.2. The van der Waals surface area contributed by atoms with Crippen molar-refractivity contribution in [1.29, 1.82) is 0 Å². The van der Waals surface area contributed by atoms with Crippen molar-refractivity contribution in [2.24, 2.45) is 0 Å². The molecule has 0 amide bonds. The Hall–Kier alpha value is -2.32. The number of nitrogens with zero attached hydrogens (tertiary/aromatic N) is 2. The van der Waals surface area contributed by atoms with E-state index in [0.717, 1.165) is 5.56 Å². The zero-order chi connectivity index (χ0) is 17.5. The average molecular weight is 349 g/mol. The summed E-state index contributed by atoms with van der Waals surface area (Å²) in [5.74, 6) is 1.07. The summed E-state index contributed by atoms with van der Waals surface area (Å²) in [6, 6.07) is 11.9. The number of rotatable bonds is 8. The van der Waals surface area contributed by atoms with Gasteiger partial charge < -0.3 is 10.4 Å².